The van der Waals surface area contributed by atoms with Gasteiger partial charge in [0.1, 0.15) is 12.4 Å². The number of aryl methyl sites for hydroxylation is 1. The highest BCUT2D eigenvalue weighted by Gasteiger charge is 2.43. The van der Waals surface area contributed by atoms with Crippen LogP contribution in [0.4, 0.5) is 0 Å². The fourth-order valence-corrected chi connectivity index (χ4v) is 6.90. The maximum atomic E-state index is 13.3. The molecule has 2 aromatic rings. The lowest BCUT2D eigenvalue weighted by Gasteiger charge is -2.43. The topological polar surface area (TPSA) is 91.4 Å². The molecule has 0 aliphatic heterocycles. The SMILES string of the molecule is COCOc1ccc(C=O)cc1O[C@H]1C(CCN(C)S(=O)(=O)c2ccc(C)cc2)=CCC[C@@H]1O[Si](C)(C)C(C)(C)C. The van der Waals surface area contributed by atoms with Crippen LogP contribution >= 0.6 is 0 Å². The summed E-state index contributed by atoms with van der Waals surface area (Å²) >= 11 is 0. The summed E-state index contributed by atoms with van der Waals surface area (Å²) in [5.41, 5.74) is 2.41. The van der Waals surface area contributed by atoms with E-state index in [1.54, 1.807) is 49.5 Å². The Bertz CT molecular complexity index is 1320. The van der Waals surface area contributed by atoms with Gasteiger partial charge < -0.3 is 18.6 Å². The van der Waals surface area contributed by atoms with E-state index in [0.29, 0.717) is 23.5 Å². The summed E-state index contributed by atoms with van der Waals surface area (Å²) in [6.07, 6.45) is 4.18. The summed E-state index contributed by atoms with van der Waals surface area (Å²) in [6.45, 7) is 13.2. The molecule has 41 heavy (non-hydrogen) atoms. The van der Waals surface area contributed by atoms with E-state index < -0.39 is 24.4 Å². The standard InChI is InChI=1S/C31H45NO7SSi/c1-23-12-15-26(16-13-23)40(34,35)32(5)19-18-25-10-9-11-28(39-41(7,8)31(2,3)4)30(25)38-29-20-24(21-33)14-17-27(29)37-22-36-6/h10,12-17,20-21,28,30H,9,11,18-19,22H2,1-8H3/t28-,30-/m0/s1. The van der Waals surface area contributed by atoms with Crippen LogP contribution in [0.15, 0.2) is 59.0 Å². The fourth-order valence-electron chi connectivity index (χ4n) is 4.38. The van der Waals surface area contributed by atoms with Gasteiger partial charge in [0.25, 0.3) is 0 Å². The van der Waals surface area contributed by atoms with Gasteiger partial charge in [0, 0.05) is 26.3 Å². The minimum atomic E-state index is -3.65. The molecule has 8 nitrogen and oxygen atoms in total. The Kier molecular flexibility index (Phi) is 11.0. The Morgan fingerprint density at radius 3 is 2.37 bits per heavy atom. The smallest absolute Gasteiger partial charge is 0.242 e. The van der Waals surface area contributed by atoms with Gasteiger partial charge in [-0.15, -0.1) is 0 Å². The molecule has 0 unspecified atom stereocenters. The first-order valence-electron chi connectivity index (χ1n) is 14.0. The number of sulfonamides is 1. The summed E-state index contributed by atoms with van der Waals surface area (Å²) in [5, 5.41) is -0.00855. The molecule has 0 amide bonds. The highest BCUT2D eigenvalue weighted by Crippen LogP contribution is 2.41. The second-order valence-corrected chi connectivity index (χ2v) is 18.9. The molecule has 0 N–H and O–H groups in total. The van der Waals surface area contributed by atoms with Gasteiger partial charge in [0.05, 0.1) is 11.0 Å². The van der Waals surface area contributed by atoms with Gasteiger partial charge in [0.2, 0.25) is 10.0 Å². The number of ether oxygens (including phenoxy) is 3. The predicted octanol–water partition coefficient (Wildman–Crippen LogP) is 6.36. The van der Waals surface area contributed by atoms with Crippen LogP contribution in [0.2, 0.25) is 18.1 Å². The van der Waals surface area contributed by atoms with Crippen molar-refractivity contribution in [2.45, 2.75) is 82.2 Å². The van der Waals surface area contributed by atoms with Gasteiger partial charge >= 0.3 is 0 Å². The number of hydrogen-bond acceptors (Lipinski definition) is 7. The first-order chi connectivity index (χ1) is 19.2. The largest absolute Gasteiger partial charge is 0.479 e. The number of carbonyl (C=O) groups excluding carboxylic acids is 1. The first-order valence-corrected chi connectivity index (χ1v) is 18.3. The van der Waals surface area contributed by atoms with E-state index >= 15 is 0 Å². The van der Waals surface area contributed by atoms with Gasteiger partial charge in [-0.05, 0) is 80.2 Å². The van der Waals surface area contributed by atoms with Gasteiger partial charge in [-0.2, -0.15) is 0 Å². The van der Waals surface area contributed by atoms with Crippen molar-refractivity contribution in [3.63, 3.8) is 0 Å². The normalized spacial score (nSPS) is 18.2. The number of carbonyl (C=O) groups is 1. The number of aldehydes is 1. The second kappa shape index (κ2) is 13.6. The minimum Gasteiger partial charge on any atom is -0.479 e. The van der Waals surface area contributed by atoms with Crippen molar-refractivity contribution in [3.8, 4) is 11.5 Å². The molecule has 0 aromatic heterocycles. The Labute approximate surface area is 246 Å². The van der Waals surface area contributed by atoms with Crippen molar-refractivity contribution in [1.29, 1.82) is 0 Å². The van der Waals surface area contributed by atoms with Crippen LogP contribution in [-0.4, -0.2) is 67.0 Å². The van der Waals surface area contributed by atoms with Crippen molar-refractivity contribution in [3.05, 3.63) is 65.2 Å². The third-order valence-corrected chi connectivity index (χ3v) is 14.3. The van der Waals surface area contributed by atoms with Crippen LogP contribution in [-0.2, 0) is 19.2 Å². The molecule has 2 atom stereocenters. The van der Waals surface area contributed by atoms with Gasteiger partial charge in [-0.1, -0.05) is 44.5 Å². The lowest BCUT2D eigenvalue weighted by Crippen LogP contribution is -2.49. The lowest BCUT2D eigenvalue weighted by atomic mass is 9.91. The van der Waals surface area contributed by atoms with E-state index in [4.69, 9.17) is 18.6 Å². The van der Waals surface area contributed by atoms with Crippen LogP contribution < -0.4 is 9.47 Å². The third-order valence-electron chi connectivity index (χ3n) is 7.95. The molecular weight excluding hydrogens is 558 g/mol. The molecule has 0 saturated carbocycles. The Balaban J connectivity index is 1.92. The summed E-state index contributed by atoms with van der Waals surface area (Å²) < 4.78 is 52.3. The summed E-state index contributed by atoms with van der Waals surface area (Å²) in [7, 11) is -2.70. The van der Waals surface area contributed by atoms with Crippen molar-refractivity contribution in [2.75, 3.05) is 27.5 Å². The van der Waals surface area contributed by atoms with Crippen LogP contribution in [0.1, 0.15) is 56.0 Å². The third kappa shape index (κ3) is 8.29. The maximum absolute atomic E-state index is 13.3. The average Bonchev–Trinajstić information content (AvgIpc) is 2.91. The van der Waals surface area contributed by atoms with E-state index in [1.165, 1.54) is 11.4 Å². The number of nitrogens with zero attached hydrogens (tertiary/aromatic N) is 1. The minimum absolute atomic E-state index is 0.00855. The molecule has 0 radical (unpaired) electrons. The van der Waals surface area contributed by atoms with E-state index in [9.17, 15) is 13.2 Å². The number of allylic oxidation sites excluding steroid dienone is 1. The van der Waals surface area contributed by atoms with Gasteiger partial charge in [-0.3, -0.25) is 4.79 Å². The van der Waals surface area contributed by atoms with E-state index in [-0.39, 0.29) is 29.4 Å². The monoisotopic (exact) mass is 603 g/mol. The van der Waals surface area contributed by atoms with Gasteiger partial charge in [-0.25, -0.2) is 12.7 Å². The van der Waals surface area contributed by atoms with Crippen molar-refractivity contribution < 1.29 is 31.8 Å². The van der Waals surface area contributed by atoms with Crippen molar-refractivity contribution in [2.24, 2.45) is 0 Å². The predicted molar refractivity (Wildman–Crippen MR) is 164 cm³/mol. The summed E-state index contributed by atoms with van der Waals surface area (Å²) in [6, 6.07) is 11.9. The fraction of sp³-hybridized carbons (Fsp3) is 0.516. The highest BCUT2D eigenvalue weighted by atomic mass is 32.2. The molecule has 1 aliphatic carbocycles. The summed E-state index contributed by atoms with van der Waals surface area (Å²) in [4.78, 5) is 11.9. The van der Waals surface area contributed by atoms with E-state index in [1.807, 2.05) is 6.92 Å². The summed E-state index contributed by atoms with van der Waals surface area (Å²) in [5.74, 6) is 0.862. The maximum Gasteiger partial charge on any atom is 0.242 e. The van der Waals surface area contributed by atoms with Crippen LogP contribution in [0.3, 0.4) is 0 Å². The molecule has 226 valence electrons. The number of methoxy groups -OCH3 is 1. The Morgan fingerprint density at radius 1 is 1.07 bits per heavy atom. The molecule has 3 rings (SSSR count). The molecule has 0 saturated heterocycles. The van der Waals surface area contributed by atoms with Crippen LogP contribution in [0.25, 0.3) is 0 Å². The molecule has 0 bridgehead atoms. The molecule has 10 heteroatoms. The second-order valence-electron chi connectivity index (χ2n) is 12.1. The average molecular weight is 604 g/mol. The first kappa shape index (κ1) is 33.0. The molecule has 2 aromatic carbocycles. The molecule has 0 heterocycles. The number of hydrogen-bond donors (Lipinski definition) is 0. The molecule has 1 aliphatic rings. The Hall–Kier alpha value is -2.50. The zero-order valence-electron chi connectivity index (χ0n) is 25.6. The van der Waals surface area contributed by atoms with E-state index in [2.05, 4.69) is 39.9 Å². The van der Waals surface area contributed by atoms with Gasteiger partial charge in [0.15, 0.2) is 26.6 Å². The molecule has 0 spiro atoms. The highest BCUT2D eigenvalue weighted by molar-refractivity contribution is 7.89. The molecular formula is C31H45NO7SSi. The van der Waals surface area contributed by atoms with Crippen LogP contribution in [0, 0.1) is 6.92 Å². The lowest BCUT2D eigenvalue weighted by molar-refractivity contribution is 0.0347. The van der Waals surface area contributed by atoms with E-state index in [0.717, 1.165) is 30.3 Å². The number of rotatable bonds is 13. The number of benzene rings is 2. The van der Waals surface area contributed by atoms with Crippen LogP contribution in [0.5, 0.6) is 11.5 Å². The Morgan fingerprint density at radius 2 is 1.76 bits per heavy atom. The van der Waals surface area contributed by atoms with Crippen molar-refractivity contribution in [1.82, 2.24) is 4.31 Å². The zero-order valence-corrected chi connectivity index (χ0v) is 27.4. The quantitative estimate of drug-likeness (QED) is 0.114. The molecule has 0 fully saturated rings. The zero-order chi connectivity index (χ0) is 30.4. The van der Waals surface area contributed by atoms with Crippen molar-refractivity contribution >= 4 is 24.6 Å².